The van der Waals surface area contributed by atoms with Crippen molar-refractivity contribution in [2.45, 2.75) is 38.6 Å². The molecule has 0 aromatic carbocycles. The first-order valence-corrected chi connectivity index (χ1v) is 10.4. The van der Waals surface area contributed by atoms with Crippen LogP contribution in [0.3, 0.4) is 0 Å². The van der Waals surface area contributed by atoms with Gasteiger partial charge in [0, 0.05) is 29.1 Å². The van der Waals surface area contributed by atoms with E-state index < -0.39 is 5.91 Å². The average Bonchev–Trinajstić information content (AvgIpc) is 3.51. The highest BCUT2D eigenvalue weighted by Gasteiger charge is 2.23. The molecule has 8 heteroatoms. The molecule has 4 aromatic rings. The van der Waals surface area contributed by atoms with Crippen molar-refractivity contribution in [2.75, 3.05) is 0 Å². The number of hydrogen-bond acceptors (Lipinski definition) is 5. The molecule has 4 heterocycles. The second kappa shape index (κ2) is 7.79. The molecule has 31 heavy (non-hydrogen) atoms. The van der Waals surface area contributed by atoms with Gasteiger partial charge in [0.05, 0.1) is 17.4 Å². The van der Waals surface area contributed by atoms with E-state index >= 15 is 0 Å². The van der Waals surface area contributed by atoms with E-state index in [1.54, 1.807) is 10.6 Å². The summed E-state index contributed by atoms with van der Waals surface area (Å²) in [7, 11) is 0. The predicted molar refractivity (Wildman–Crippen MR) is 118 cm³/mol. The van der Waals surface area contributed by atoms with Gasteiger partial charge in [-0.2, -0.15) is 10.2 Å². The number of aryl methyl sites for hydroxylation is 1. The fraction of sp³-hybridized carbons (Fsp3) is 0.261. The lowest BCUT2D eigenvalue weighted by Crippen LogP contribution is -2.06. The topological polar surface area (TPSA) is 104 Å². The monoisotopic (exact) mass is 413 g/mol. The van der Waals surface area contributed by atoms with Crippen molar-refractivity contribution in [3.8, 4) is 22.5 Å². The van der Waals surface area contributed by atoms with E-state index in [0.717, 1.165) is 41.1 Å². The Kier molecular flexibility index (Phi) is 4.82. The standard InChI is InChI=1S/C23H23N7O/c1-15-5-4-8-19(27-15)23-18(13-29(28-23)16-6-2-3-7-16)17-9-12-22-25-14-26-30(22)20(17)10-11-21(24)31/h4-5,8-14,16H,2-3,6-7H2,1H3,(H2,24,31)/b11-10+. The van der Waals surface area contributed by atoms with Crippen molar-refractivity contribution < 1.29 is 4.79 Å². The van der Waals surface area contributed by atoms with Gasteiger partial charge >= 0.3 is 0 Å². The molecule has 1 aliphatic rings. The number of nitrogens with two attached hydrogens (primary N) is 1. The van der Waals surface area contributed by atoms with Gasteiger partial charge in [-0.3, -0.25) is 14.5 Å². The van der Waals surface area contributed by atoms with Gasteiger partial charge in [0.1, 0.15) is 12.0 Å². The highest BCUT2D eigenvalue weighted by Crippen LogP contribution is 2.37. The zero-order valence-electron chi connectivity index (χ0n) is 17.3. The summed E-state index contributed by atoms with van der Waals surface area (Å²) in [4.78, 5) is 20.5. The van der Waals surface area contributed by atoms with Crippen molar-refractivity contribution in [1.29, 1.82) is 0 Å². The van der Waals surface area contributed by atoms with Gasteiger partial charge in [0.25, 0.3) is 0 Å². The van der Waals surface area contributed by atoms with Crippen LogP contribution in [0.25, 0.3) is 34.2 Å². The van der Waals surface area contributed by atoms with Crippen LogP contribution in [0.1, 0.15) is 43.1 Å². The molecule has 5 rings (SSSR count). The first-order chi connectivity index (χ1) is 15.1. The van der Waals surface area contributed by atoms with Crippen molar-refractivity contribution in [3.05, 3.63) is 60.3 Å². The van der Waals surface area contributed by atoms with Crippen LogP contribution in [-0.2, 0) is 4.79 Å². The first kappa shape index (κ1) is 19.2. The van der Waals surface area contributed by atoms with Gasteiger partial charge in [-0.1, -0.05) is 18.9 Å². The minimum atomic E-state index is -0.523. The number of carbonyl (C=O) groups is 1. The largest absolute Gasteiger partial charge is 0.366 e. The van der Waals surface area contributed by atoms with Crippen LogP contribution in [0.5, 0.6) is 0 Å². The number of aromatic nitrogens is 6. The molecule has 8 nitrogen and oxygen atoms in total. The van der Waals surface area contributed by atoms with Gasteiger partial charge in [-0.05, 0) is 50.1 Å². The maximum atomic E-state index is 11.5. The molecule has 156 valence electrons. The zero-order valence-corrected chi connectivity index (χ0v) is 17.3. The number of rotatable bonds is 5. The van der Waals surface area contributed by atoms with Crippen molar-refractivity contribution in [3.63, 3.8) is 0 Å². The summed E-state index contributed by atoms with van der Waals surface area (Å²) in [6, 6.07) is 10.2. The Bertz CT molecular complexity index is 1290. The summed E-state index contributed by atoms with van der Waals surface area (Å²) in [6.45, 7) is 1.97. The Labute approximate surface area is 179 Å². The maximum absolute atomic E-state index is 11.5. The third-order valence-corrected chi connectivity index (χ3v) is 5.73. The molecule has 0 radical (unpaired) electrons. The lowest BCUT2D eigenvalue weighted by molar-refractivity contribution is -0.113. The minimum Gasteiger partial charge on any atom is -0.366 e. The summed E-state index contributed by atoms with van der Waals surface area (Å²) < 4.78 is 3.78. The molecule has 0 saturated heterocycles. The molecule has 4 aromatic heterocycles. The van der Waals surface area contributed by atoms with Gasteiger partial charge in [0.15, 0.2) is 5.65 Å². The minimum absolute atomic E-state index is 0.386. The summed E-state index contributed by atoms with van der Waals surface area (Å²) in [6.07, 6.45) is 11.3. The molecule has 0 atom stereocenters. The van der Waals surface area contributed by atoms with Crippen LogP contribution < -0.4 is 5.73 Å². The fourth-order valence-corrected chi connectivity index (χ4v) is 4.26. The average molecular weight is 413 g/mol. The molecule has 1 amide bonds. The molecule has 2 N–H and O–H groups in total. The van der Waals surface area contributed by atoms with Gasteiger partial charge in [0.2, 0.25) is 5.91 Å². The second-order valence-electron chi connectivity index (χ2n) is 7.87. The number of hydrogen-bond donors (Lipinski definition) is 1. The third-order valence-electron chi connectivity index (χ3n) is 5.73. The van der Waals surface area contributed by atoms with Gasteiger partial charge in [-0.15, -0.1) is 0 Å². The van der Waals surface area contributed by atoms with E-state index in [1.165, 1.54) is 25.2 Å². The lowest BCUT2D eigenvalue weighted by Gasteiger charge is -2.09. The number of carbonyl (C=O) groups excluding carboxylic acids is 1. The predicted octanol–water partition coefficient (Wildman–Crippen LogP) is 3.58. The molecule has 1 aliphatic carbocycles. The number of primary amides is 1. The highest BCUT2D eigenvalue weighted by molar-refractivity contribution is 5.92. The summed E-state index contributed by atoms with van der Waals surface area (Å²) in [5.74, 6) is -0.523. The van der Waals surface area contributed by atoms with E-state index in [2.05, 4.69) is 21.0 Å². The van der Waals surface area contributed by atoms with Crippen LogP contribution in [0.4, 0.5) is 0 Å². The molecule has 0 bridgehead atoms. The molecule has 0 aliphatic heterocycles. The summed E-state index contributed by atoms with van der Waals surface area (Å²) in [5.41, 5.74) is 11.2. The molecule has 1 fully saturated rings. The Hall–Kier alpha value is -3.81. The van der Waals surface area contributed by atoms with Crippen molar-refractivity contribution >= 4 is 17.6 Å². The van der Waals surface area contributed by atoms with Gasteiger partial charge < -0.3 is 5.73 Å². The fourth-order valence-electron chi connectivity index (χ4n) is 4.26. The highest BCUT2D eigenvalue weighted by atomic mass is 16.1. The van der Waals surface area contributed by atoms with E-state index in [-0.39, 0.29) is 0 Å². The van der Waals surface area contributed by atoms with Crippen LogP contribution in [0, 0.1) is 6.92 Å². The number of fused-ring (bicyclic) bond motifs is 1. The number of pyridine rings is 2. The normalized spacial score (nSPS) is 14.7. The Balaban J connectivity index is 1.75. The molecular weight excluding hydrogens is 390 g/mol. The van der Waals surface area contributed by atoms with Crippen molar-refractivity contribution in [1.82, 2.24) is 29.4 Å². The second-order valence-corrected chi connectivity index (χ2v) is 7.87. The van der Waals surface area contributed by atoms with Crippen molar-refractivity contribution in [2.24, 2.45) is 5.73 Å². The van der Waals surface area contributed by atoms with Crippen LogP contribution in [0.15, 0.2) is 48.9 Å². The van der Waals surface area contributed by atoms with E-state index in [1.807, 2.05) is 37.3 Å². The van der Waals surface area contributed by atoms with E-state index in [9.17, 15) is 4.79 Å². The summed E-state index contributed by atoms with van der Waals surface area (Å²) in [5, 5.41) is 9.32. The molecule has 0 unspecified atom stereocenters. The quantitative estimate of drug-likeness (QED) is 0.504. The molecule has 0 spiro atoms. The first-order valence-electron chi connectivity index (χ1n) is 10.4. The Morgan fingerprint density at radius 2 is 2.00 bits per heavy atom. The van der Waals surface area contributed by atoms with Crippen LogP contribution >= 0.6 is 0 Å². The third kappa shape index (κ3) is 3.61. The Morgan fingerprint density at radius 3 is 2.77 bits per heavy atom. The van der Waals surface area contributed by atoms with E-state index in [4.69, 9.17) is 15.8 Å². The smallest absolute Gasteiger partial charge is 0.241 e. The number of nitrogens with zero attached hydrogens (tertiary/aromatic N) is 6. The summed E-state index contributed by atoms with van der Waals surface area (Å²) >= 11 is 0. The van der Waals surface area contributed by atoms with E-state index in [0.29, 0.717) is 17.4 Å². The molecule has 1 saturated carbocycles. The zero-order chi connectivity index (χ0) is 21.4. The SMILES string of the molecule is Cc1cccc(-c2nn(C3CCCC3)cc2-c2ccc3ncnn3c2/C=C/C(N)=O)n1. The maximum Gasteiger partial charge on any atom is 0.241 e. The van der Waals surface area contributed by atoms with Crippen LogP contribution in [-0.4, -0.2) is 35.3 Å². The number of amides is 1. The Morgan fingerprint density at radius 1 is 1.16 bits per heavy atom. The molecular formula is C23H23N7O. The lowest BCUT2D eigenvalue weighted by atomic mass is 10.0. The van der Waals surface area contributed by atoms with Crippen LogP contribution in [0.2, 0.25) is 0 Å². The van der Waals surface area contributed by atoms with Gasteiger partial charge in [-0.25, -0.2) is 9.50 Å².